The zero-order valence-electron chi connectivity index (χ0n) is 11.5. The first-order valence-electron chi connectivity index (χ1n) is 6.92. The van der Waals surface area contributed by atoms with Gasteiger partial charge in [0.15, 0.2) is 0 Å². The van der Waals surface area contributed by atoms with E-state index >= 15 is 0 Å². The van der Waals surface area contributed by atoms with Crippen LogP contribution in [0, 0.1) is 0 Å². The highest BCUT2D eigenvalue weighted by Crippen LogP contribution is 2.31. The molecule has 20 heavy (non-hydrogen) atoms. The highest BCUT2D eigenvalue weighted by Gasteiger charge is 2.30. The number of dihydropyridines is 1. The summed E-state index contributed by atoms with van der Waals surface area (Å²) < 4.78 is 37.6. The van der Waals surface area contributed by atoms with Gasteiger partial charge in [0.05, 0.1) is 5.56 Å². The van der Waals surface area contributed by atoms with E-state index in [2.05, 4.69) is 11.9 Å². The lowest BCUT2D eigenvalue weighted by Gasteiger charge is -2.14. The summed E-state index contributed by atoms with van der Waals surface area (Å²) >= 11 is 0. The number of halogens is 3. The van der Waals surface area contributed by atoms with Gasteiger partial charge in [-0.2, -0.15) is 13.2 Å². The van der Waals surface area contributed by atoms with Crippen LogP contribution in [-0.4, -0.2) is 12.3 Å². The fourth-order valence-electron chi connectivity index (χ4n) is 2.25. The smallest absolute Gasteiger partial charge is 0.289 e. The summed E-state index contributed by atoms with van der Waals surface area (Å²) in [5.41, 5.74) is 2.41. The first-order valence-corrected chi connectivity index (χ1v) is 6.92. The molecular formula is C16H18F3N. The lowest BCUT2D eigenvalue weighted by Crippen LogP contribution is -2.06. The van der Waals surface area contributed by atoms with Crippen LogP contribution in [0.4, 0.5) is 13.2 Å². The molecule has 0 amide bonds. The average molecular weight is 281 g/mol. The summed E-state index contributed by atoms with van der Waals surface area (Å²) in [4.78, 5) is 4.46. The van der Waals surface area contributed by atoms with Gasteiger partial charge in [0.1, 0.15) is 0 Å². The topological polar surface area (TPSA) is 12.4 Å². The number of allylic oxidation sites excluding steroid dienone is 1. The zero-order valence-corrected chi connectivity index (χ0v) is 11.5. The predicted octanol–water partition coefficient (Wildman–Crippen LogP) is 5.12. The molecule has 1 aromatic carbocycles. The summed E-state index contributed by atoms with van der Waals surface area (Å²) in [5.74, 6) is 0. The number of aliphatic imine (C=N–C) groups is 1. The Morgan fingerprint density at radius 2 is 1.85 bits per heavy atom. The summed E-state index contributed by atoms with van der Waals surface area (Å²) in [5, 5.41) is 0. The van der Waals surface area contributed by atoms with Crippen LogP contribution in [0.5, 0.6) is 0 Å². The number of alkyl halides is 3. The molecule has 1 aliphatic heterocycles. The molecule has 0 fully saturated rings. The second kappa shape index (κ2) is 6.25. The number of unbranched alkanes of at least 4 members (excludes halogenated alkanes) is 1. The molecular weight excluding hydrogens is 263 g/mol. The van der Waals surface area contributed by atoms with Crippen LogP contribution in [0.25, 0.3) is 5.57 Å². The van der Waals surface area contributed by atoms with Gasteiger partial charge in [-0.3, -0.25) is 4.99 Å². The van der Waals surface area contributed by atoms with E-state index in [0.717, 1.165) is 61.2 Å². The van der Waals surface area contributed by atoms with Crippen LogP contribution in [0.1, 0.15) is 43.7 Å². The molecule has 0 atom stereocenters. The fourth-order valence-corrected chi connectivity index (χ4v) is 2.25. The molecule has 1 aromatic rings. The van der Waals surface area contributed by atoms with Crippen molar-refractivity contribution in [1.82, 2.24) is 0 Å². The van der Waals surface area contributed by atoms with E-state index in [1.165, 1.54) is 0 Å². The van der Waals surface area contributed by atoms with Gasteiger partial charge in [0.25, 0.3) is 0 Å². The number of hydrogen-bond donors (Lipinski definition) is 0. The largest absolute Gasteiger partial charge is 0.416 e. The lowest BCUT2D eigenvalue weighted by atomic mass is 9.96. The maximum absolute atomic E-state index is 12.5. The molecule has 4 heteroatoms. The van der Waals surface area contributed by atoms with Crippen LogP contribution in [0.2, 0.25) is 0 Å². The van der Waals surface area contributed by atoms with Gasteiger partial charge in [-0.1, -0.05) is 25.5 Å². The van der Waals surface area contributed by atoms with E-state index in [4.69, 9.17) is 0 Å². The Labute approximate surface area is 117 Å². The maximum atomic E-state index is 12.5. The molecule has 108 valence electrons. The molecule has 0 aromatic heterocycles. The van der Waals surface area contributed by atoms with Crippen LogP contribution in [0.15, 0.2) is 35.3 Å². The molecule has 0 bridgehead atoms. The number of benzene rings is 1. The molecule has 0 spiro atoms. The van der Waals surface area contributed by atoms with Gasteiger partial charge in [-0.25, -0.2) is 0 Å². The van der Waals surface area contributed by atoms with E-state index in [1.807, 2.05) is 6.08 Å². The third-order valence-electron chi connectivity index (χ3n) is 3.41. The highest BCUT2D eigenvalue weighted by atomic mass is 19.4. The van der Waals surface area contributed by atoms with Crippen molar-refractivity contribution < 1.29 is 13.2 Å². The van der Waals surface area contributed by atoms with Crippen molar-refractivity contribution in [2.45, 2.75) is 38.8 Å². The number of rotatable bonds is 4. The molecule has 1 nitrogen and oxygen atoms in total. The summed E-state index contributed by atoms with van der Waals surface area (Å²) in [6.45, 7) is 2.86. The SMILES string of the molecule is CCCCC1=NCCC(c2ccc(C(F)(F)F)cc2)=C1. The highest BCUT2D eigenvalue weighted by molar-refractivity contribution is 6.02. The second-order valence-corrected chi connectivity index (χ2v) is 4.97. The Bertz CT molecular complexity index is 510. The predicted molar refractivity (Wildman–Crippen MR) is 75.9 cm³/mol. The van der Waals surface area contributed by atoms with Crippen molar-refractivity contribution in [3.05, 3.63) is 41.5 Å². The minimum atomic E-state index is -4.27. The van der Waals surface area contributed by atoms with Crippen LogP contribution >= 0.6 is 0 Å². The Balaban J connectivity index is 2.15. The summed E-state index contributed by atoms with van der Waals surface area (Å²) in [6, 6.07) is 5.40. The van der Waals surface area contributed by atoms with Crippen molar-refractivity contribution in [3.8, 4) is 0 Å². The fraction of sp³-hybridized carbons (Fsp3) is 0.438. The van der Waals surface area contributed by atoms with Crippen LogP contribution < -0.4 is 0 Å². The van der Waals surface area contributed by atoms with Crippen LogP contribution in [-0.2, 0) is 6.18 Å². The van der Waals surface area contributed by atoms with E-state index in [0.29, 0.717) is 0 Å². The Morgan fingerprint density at radius 1 is 1.15 bits per heavy atom. The van der Waals surface area contributed by atoms with E-state index in [1.54, 1.807) is 12.1 Å². The van der Waals surface area contributed by atoms with E-state index < -0.39 is 11.7 Å². The minimum absolute atomic E-state index is 0.600. The summed E-state index contributed by atoms with van der Waals surface area (Å²) in [6.07, 6.45) is 1.70. The van der Waals surface area contributed by atoms with Crippen LogP contribution in [0.3, 0.4) is 0 Å². The molecule has 0 aliphatic carbocycles. The van der Waals surface area contributed by atoms with Gasteiger partial charge >= 0.3 is 6.18 Å². The van der Waals surface area contributed by atoms with Gasteiger partial charge in [-0.05, 0) is 48.6 Å². The Morgan fingerprint density at radius 3 is 2.45 bits per heavy atom. The molecule has 0 radical (unpaired) electrons. The van der Waals surface area contributed by atoms with Crippen molar-refractivity contribution in [3.63, 3.8) is 0 Å². The Kier molecular flexibility index (Phi) is 4.63. The Hall–Kier alpha value is -1.58. The zero-order chi connectivity index (χ0) is 14.6. The molecule has 0 N–H and O–H groups in total. The molecule has 0 saturated carbocycles. The van der Waals surface area contributed by atoms with E-state index in [-0.39, 0.29) is 0 Å². The monoisotopic (exact) mass is 281 g/mol. The summed E-state index contributed by atoms with van der Waals surface area (Å²) in [7, 11) is 0. The second-order valence-electron chi connectivity index (χ2n) is 4.97. The molecule has 1 aliphatic rings. The van der Waals surface area contributed by atoms with Crippen molar-refractivity contribution in [2.75, 3.05) is 6.54 Å². The minimum Gasteiger partial charge on any atom is -0.289 e. The first kappa shape index (κ1) is 14.8. The lowest BCUT2D eigenvalue weighted by molar-refractivity contribution is -0.137. The normalized spacial score (nSPS) is 15.8. The quantitative estimate of drug-likeness (QED) is 0.726. The van der Waals surface area contributed by atoms with Crippen molar-refractivity contribution in [1.29, 1.82) is 0 Å². The third-order valence-corrected chi connectivity index (χ3v) is 3.41. The van der Waals surface area contributed by atoms with Gasteiger partial charge in [0.2, 0.25) is 0 Å². The number of nitrogens with zero attached hydrogens (tertiary/aromatic N) is 1. The van der Waals surface area contributed by atoms with Gasteiger partial charge in [-0.15, -0.1) is 0 Å². The maximum Gasteiger partial charge on any atom is 0.416 e. The van der Waals surface area contributed by atoms with E-state index in [9.17, 15) is 13.2 Å². The van der Waals surface area contributed by atoms with Gasteiger partial charge in [0, 0.05) is 12.3 Å². The standard InChI is InChI=1S/C16H18F3N/c1-2-3-4-15-11-13(9-10-20-15)12-5-7-14(8-6-12)16(17,18)19/h5-8,11H,2-4,9-10H2,1H3. The number of hydrogen-bond acceptors (Lipinski definition) is 1. The molecule has 2 rings (SSSR count). The molecule has 0 saturated heterocycles. The average Bonchev–Trinajstić information content (AvgIpc) is 2.45. The van der Waals surface area contributed by atoms with Crippen molar-refractivity contribution >= 4 is 11.3 Å². The molecule has 0 unspecified atom stereocenters. The van der Waals surface area contributed by atoms with Gasteiger partial charge < -0.3 is 0 Å². The molecule has 1 heterocycles. The first-order chi connectivity index (χ1) is 9.50. The van der Waals surface area contributed by atoms with Crippen molar-refractivity contribution in [2.24, 2.45) is 4.99 Å². The third kappa shape index (κ3) is 3.71.